The molecule has 0 saturated carbocycles. The van der Waals surface area contributed by atoms with Crippen LogP contribution in [-0.2, 0) is 4.79 Å². The summed E-state index contributed by atoms with van der Waals surface area (Å²) >= 11 is 0. The molecule has 0 radical (unpaired) electrons. The van der Waals surface area contributed by atoms with Crippen LogP contribution in [0.3, 0.4) is 0 Å². The summed E-state index contributed by atoms with van der Waals surface area (Å²) in [6.45, 7) is 2.59. The lowest BCUT2D eigenvalue weighted by molar-refractivity contribution is -0.126. The first-order chi connectivity index (χ1) is 13.3. The van der Waals surface area contributed by atoms with Crippen LogP contribution < -0.4 is 0 Å². The maximum Gasteiger partial charge on any atom is 0.253 e. The van der Waals surface area contributed by atoms with Gasteiger partial charge in [0.1, 0.15) is 5.82 Å². The van der Waals surface area contributed by atoms with Crippen molar-refractivity contribution in [3.63, 3.8) is 0 Å². The Morgan fingerprint density at radius 3 is 2.36 bits per heavy atom. The van der Waals surface area contributed by atoms with Crippen LogP contribution in [0.1, 0.15) is 34.1 Å². The molecule has 0 bridgehead atoms. The molecule has 2 amide bonds. The van der Waals surface area contributed by atoms with Crippen molar-refractivity contribution in [1.82, 2.24) is 9.80 Å². The van der Waals surface area contributed by atoms with Crippen molar-refractivity contribution in [2.45, 2.75) is 13.3 Å². The predicted octanol–water partition coefficient (Wildman–Crippen LogP) is 3.25. The molecule has 3 rings (SSSR count). The van der Waals surface area contributed by atoms with E-state index in [1.807, 2.05) is 0 Å². The second-order valence-corrected chi connectivity index (χ2v) is 7.36. The first kappa shape index (κ1) is 19.7. The largest absolute Gasteiger partial charge is 0.345 e. The Balaban J connectivity index is 1.73. The third kappa shape index (κ3) is 4.11. The van der Waals surface area contributed by atoms with E-state index in [0.29, 0.717) is 41.8 Å². The topological polar surface area (TPSA) is 57.7 Å². The van der Waals surface area contributed by atoms with Gasteiger partial charge in [-0.2, -0.15) is 0 Å². The molecule has 2 aromatic carbocycles. The summed E-state index contributed by atoms with van der Waals surface area (Å²) in [5.74, 6) is -0.465. The zero-order valence-corrected chi connectivity index (χ0v) is 16.2. The molecule has 0 N–H and O–H groups in total. The van der Waals surface area contributed by atoms with Gasteiger partial charge in [-0.05, 0) is 42.8 Å². The van der Waals surface area contributed by atoms with Gasteiger partial charge in [-0.15, -0.1) is 0 Å². The van der Waals surface area contributed by atoms with Crippen LogP contribution in [0.4, 0.5) is 4.39 Å². The highest BCUT2D eigenvalue weighted by molar-refractivity contribution is 5.96. The van der Waals surface area contributed by atoms with Crippen LogP contribution in [0.2, 0.25) is 0 Å². The van der Waals surface area contributed by atoms with Gasteiger partial charge in [-0.1, -0.05) is 12.1 Å². The molecule has 0 aromatic heterocycles. The molecule has 1 aliphatic rings. The van der Waals surface area contributed by atoms with Gasteiger partial charge < -0.3 is 9.80 Å². The summed E-state index contributed by atoms with van der Waals surface area (Å²) in [6, 6.07) is 10.9. The highest BCUT2D eigenvalue weighted by Gasteiger charge is 2.28. The number of carbonyl (C=O) groups is 3. The number of benzene rings is 2. The van der Waals surface area contributed by atoms with Gasteiger partial charge in [-0.25, -0.2) is 4.39 Å². The second-order valence-electron chi connectivity index (χ2n) is 7.36. The van der Waals surface area contributed by atoms with Crippen LogP contribution >= 0.6 is 0 Å². The normalized spacial score (nSPS) is 16.4. The van der Waals surface area contributed by atoms with E-state index >= 15 is 0 Å². The lowest BCUT2D eigenvalue weighted by Gasteiger charge is -2.21. The number of rotatable bonds is 5. The SMILES string of the molecule is CC(=O)c1ccc(F)c(-c2ccc(C(=O)N(C)C[C@H]3CC(=O)N(C)C3)cc2)c1. The molecule has 1 atom stereocenters. The number of amides is 2. The smallest absolute Gasteiger partial charge is 0.253 e. The Bertz CT molecular complexity index is 924. The Kier molecular flexibility index (Phi) is 5.58. The monoisotopic (exact) mass is 382 g/mol. The standard InChI is InChI=1S/C22H23FN2O3/c1-14(26)18-8-9-20(23)19(11-18)16-4-6-17(7-5-16)22(28)25(3)13-15-10-21(27)24(2)12-15/h4-9,11,15H,10,12-13H2,1-3H3/t15-/m0/s1. The molecule has 0 unspecified atom stereocenters. The van der Waals surface area contributed by atoms with Crippen molar-refractivity contribution in [1.29, 1.82) is 0 Å². The van der Waals surface area contributed by atoms with E-state index in [1.54, 1.807) is 48.2 Å². The predicted molar refractivity (Wildman–Crippen MR) is 105 cm³/mol. The average Bonchev–Trinajstić information content (AvgIpc) is 2.98. The minimum atomic E-state index is -0.420. The van der Waals surface area contributed by atoms with Gasteiger partial charge in [0.05, 0.1) is 0 Å². The number of hydrogen-bond donors (Lipinski definition) is 0. The summed E-state index contributed by atoms with van der Waals surface area (Å²) in [5.41, 5.74) is 1.86. The Hall–Kier alpha value is -3.02. The van der Waals surface area contributed by atoms with Gasteiger partial charge in [0.2, 0.25) is 5.91 Å². The van der Waals surface area contributed by atoms with Crippen molar-refractivity contribution in [3.8, 4) is 11.1 Å². The van der Waals surface area contributed by atoms with Crippen molar-refractivity contribution in [2.75, 3.05) is 27.2 Å². The molecule has 1 heterocycles. The van der Waals surface area contributed by atoms with Gasteiger partial charge in [0.15, 0.2) is 5.78 Å². The van der Waals surface area contributed by atoms with Crippen LogP contribution in [0.25, 0.3) is 11.1 Å². The average molecular weight is 382 g/mol. The molecule has 0 spiro atoms. The first-order valence-electron chi connectivity index (χ1n) is 9.16. The van der Waals surface area contributed by atoms with Gasteiger partial charge >= 0.3 is 0 Å². The number of nitrogens with zero attached hydrogens (tertiary/aromatic N) is 2. The lowest BCUT2D eigenvalue weighted by Crippen LogP contribution is -2.32. The van der Waals surface area contributed by atoms with E-state index in [-0.39, 0.29) is 23.5 Å². The second kappa shape index (κ2) is 7.92. The quantitative estimate of drug-likeness (QED) is 0.746. The number of carbonyl (C=O) groups excluding carboxylic acids is 3. The molecule has 0 aliphatic carbocycles. The zero-order chi connectivity index (χ0) is 20.4. The van der Waals surface area contributed by atoms with Crippen molar-refractivity contribution in [2.24, 2.45) is 5.92 Å². The third-order valence-electron chi connectivity index (χ3n) is 5.12. The van der Waals surface area contributed by atoms with Crippen molar-refractivity contribution < 1.29 is 18.8 Å². The molecule has 5 nitrogen and oxygen atoms in total. The molecule has 28 heavy (non-hydrogen) atoms. The van der Waals surface area contributed by atoms with E-state index in [1.165, 1.54) is 25.1 Å². The van der Waals surface area contributed by atoms with Gasteiger partial charge in [-0.3, -0.25) is 14.4 Å². The summed E-state index contributed by atoms with van der Waals surface area (Å²) in [5, 5.41) is 0. The number of ketones is 1. The van der Waals surface area contributed by atoms with Gasteiger partial charge in [0.25, 0.3) is 5.91 Å². The molecular weight excluding hydrogens is 359 g/mol. The number of halogens is 1. The van der Waals surface area contributed by atoms with Crippen molar-refractivity contribution >= 4 is 17.6 Å². The fourth-order valence-electron chi connectivity index (χ4n) is 3.53. The van der Waals surface area contributed by atoms with Crippen LogP contribution in [0.15, 0.2) is 42.5 Å². The van der Waals surface area contributed by atoms with Crippen molar-refractivity contribution in [3.05, 3.63) is 59.4 Å². The number of hydrogen-bond acceptors (Lipinski definition) is 3. The van der Waals surface area contributed by atoms with E-state index in [0.717, 1.165) is 0 Å². The van der Waals surface area contributed by atoms with Gasteiger partial charge in [0, 0.05) is 56.2 Å². The maximum atomic E-state index is 14.2. The van der Waals surface area contributed by atoms with Crippen LogP contribution in [0.5, 0.6) is 0 Å². The number of likely N-dealkylation sites (tertiary alicyclic amines) is 1. The minimum absolute atomic E-state index is 0.102. The van der Waals surface area contributed by atoms with E-state index in [9.17, 15) is 18.8 Å². The van der Waals surface area contributed by atoms with Crippen LogP contribution in [0, 0.1) is 11.7 Å². The fraction of sp³-hybridized carbons (Fsp3) is 0.318. The molecular formula is C22H23FN2O3. The molecule has 1 fully saturated rings. The highest BCUT2D eigenvalue weighted by atomic mass is 19.1. The minimum Gasteiger partial charge on any atom is -0.345 e. The summed E-state index contributed by atoms with van der Waals surface area (Å²) < 4.78 is 14.2. The van der Waals surface area contributed by atoms with E-state index in [2.05, 4.69) is 0 Å². The van der Waals surface area contributed by atoms with E-state index < -0.39 is 5.82 Å². The molecule has 6 heteroatoms. The molecule has 146 valence electrons. The maximum absolute atomic E-state index is 14.2. The number of Topliss-reactive ketones (excluding diaryl/α,β-unsaturated/α-hetero) is 1. The third-order valence-corrected chi connectivity index (χ3v) is 5.12. The molecule has 1 aliphatic heterocycles. The molecule has 2 aromatic rings. The first-order valence-corrected chi connectivity index (χ1v) is 9.16. The Labute approximate surface area is 163 Å². The summed E-state index contributed by atoms with van der Waals surface area (Å²) in [7, 11) is 3.48. The highest BCUT2D eigenvalue weighted by Crippen LogP contribution is 2.25. The lowest BCUT2D eigenvalue weighted by atomic mass is 9.99. The summed E-state index contributed by atoms with van der Waals surface area (Å²) in [4.78, 5) is 39.1. The Morgan fingerprint density at radius 1 is 1.14 bits per heavy atom. The summed E-state index contributed by atoms with van der Waals surface area (Å²) in [6.07, 6.45) is 0.457. The zero-order valence-electron chi connectivity index (χ0n) is 16.2. The fourth-order valence-corrected chi connectivity index (χ4v) is 3.53. The van der Waals surface area contributed by atoms with Crippen LogP contribution in [-0.4, -0.2) is 54.6 Å². The van der Waals surface area contributed by atoms with E-state index in [4.69, 9.17) is 0 Å². The Morgan fingerprint density at radius 2 is 1.79 bits per heavy atom. The molecule has 1 saturated heterocycles.